The summed E-state index contributed by atoms with van der Waals surface area (Å²) in [6, 6.07) is 0.942. The highest BCUT2D eigenvalue weighted by Crippen LogP contribution is 2.35. The molecule has 0 aliphatic carbocycles. The van der Waals surface area contributed by atoms with Gasteiger partial charge in [0.2, 0.25) is 5.91 Å². The SMILES string of the molecule is O=C1CC(CBr)CN1c1ncc(C(F)(F)F)cc1Br. The van der Waals surface area contributed by atoms with E-state index < -0.39 is 11.7 Å². The van der Waals surface area contributed by atoms with Crippen molar-refractivity contribution >= 4 is 43.6 Å². The highest BCUT2D eigenvalue weighted by Gasteiger charge is 2.35. The maximum Gasteiger partial charge on any atom is 0.417 e. The Hall–Kier alpha value is -0.630. The molecule has 1 fully saturated rings. The van der Waals surface area contributed by atoms with Crippen LogP contribution in [0.3, 0.4) is 0 Å². The summed E-state index contributed by atoms with van der Waals surface area (Å²) in [5.41, 5.74) is -0.841. The Morgan fingerprint density at radius 3 is 2.63 bits per heavy atom. The number of hydrogen-bond acceptors (Lipinski definition) is 2. The minimum atomic E-state index is -4.44. The summed E-state index contributed by atoms with van der Waals surface area (Å²) in [5.74, 6) is 0.266. The molecule has 19 heavy (non-hydrogen) atoms. The van der Waals surface area contributed by atoms with Crippen LogP contribution in [0.4, 0.5) is 19.0 Å². The third-order valence-corrected chi connectivity index (χ3v) is 4.33. The van der Waals surface area contributed by atoms with Gasteiger partial charge in [-0.3, -0.25) is 9.69 Å². The molecule has 1 aliphatic heterocycles. The third kappa shape index (κ3) is 3.10. The van der Waals surface area contributed by atoms with Gasteiger partial charge < -0.3 is 0 Å². The number of pyridine rings is 1. The Morgan fingerprint density at radius 2 is 2.16 bits per heavy atom. The zero-order chi connectivity index (χ0) is 14.2. The predicted octanol–water partition coefficient (Wildman–Crippen LogP) is 3.61. The summed E-state index contributed by atoms with van der Waals surface area (Å²) < 4.78 is 37.7. The normalized spacial score (nSPS) is 20.2. The lowest BCUT2D eigenvalue weighted by Crippen LogP contribution is -2.26. The Balaban J connectivity index is 2.30. The first-order chi connectivity index (χ1) is 8.82. The quantitative estimate of drug-likeness (QED) is 0.709. The van der Waals surface area contributed by atoms with E-state index in [0.717, 1.165) is 12.3 Å². The van der Waals surface area contributed by atoms with Crippen LogP contribution in [-0.2, 0) is 11.0 Å². The smallest absolute Gasteiger partial charge is 0.296 e. The van der Waals surface area contributed by atoms with Gasteiger partial charge in [0.1, 0.15) is 5.82 Å². The van der Waals surface area contributed by atoms with E-state index in [-0.39, 0.29) is 22.1 Å². The van der Waals surface area contributed by atoms with Crippen molar-refractivity contribution in [1.29, 1.82) is 0 Å². The van der Waals surface area contributed by atoms with Crippen LogP contribution >= 0.6 is 31.9 Å². The molecule has 0 bridgehead atoms. The van der Waals surface area contributed by atoms with Gasteiger partial charge in [-0.25, -0.2) is 4.98 Å². The molecule has 1 amide bonds. The van der Waals surface area contributed by atoms with Gasteiger partial charge >= 0.3 is 6.18 Å². The first-order valence-corrected chi connectivity index (χ1v) is 7.33. The number of aromatic nitrogens is 1. The van der Waals surface area contributed by atoms with E-state index in [9.17, 15) is 18.0 Å². The fourth-order valence-electron chi connectivity index (χ4n) is 1.87. The molecule has 0 aromatic carbocycles. The number of amides is 1. The van der Waals surface area contributed by atoms with Gasteiger partial charge in [-0.1, -0.05) is 15.9 Å². The number of rotatable bonds is 2. The zero-order valence-electron chi connectivity index (χ0n) is 9.55. The molecule has 1 unspecified atom stereocenters. The molecule has 1 aromatic rings. The van der Waals surface area contributed by atoms with Crippen molar-refractivity contribution in [3.05, 3.63) is 22.3 Å². The lowest BCUT2D eigenvalue weighted by Gasteiger charge is -2.18. The van der Waals surface area contributed by atoms with E-state index in [1.54, 1.807) is 0 Å². The highest BCUT2D eigenvalue weighted by atomic mass is 79.9. The molecule has 2 rings (SSSR count). The largest absolute Gasteiger partial charge is 0.417 e. The van der Waals surface area contributed by atoms with E-state index in [0.29, 0.717) is 18.3 Å². The number of carbonyl (C=O) groups excluding carboxylic acids is 1. The molecule has 1 aromatic heterocycles. The van der Waals surface area contributed by atoms with Crippen LogP contribution in [0.1, 0.15) is 12.0 Å². The van der Waals surface area contributed by atoms with Crippen molar-refractivity contribution < 1.29 is 18.0 Å². The molecule has 104 valence electrons. The fraction of sp³-hybridized carbons (Fsp3) is 0.455. The first kappa shape index (κ1) is 14.8. The summed E-state index contributed by atoms with van der Waals surface area (Å²) in [6.45, 7) is 0.459. The van der Waals surface area contributed by atoms with Crippen molar-refractivity contribution in [2.45, 2.75) is 12.6 Å². The predicted molar refractivity (Wildman–Crippen MR) is 71.2 cm³/mol. The number of alkyl halides is 4. The molecule has 8 heteroatoms. The summed E-state index contributed by atoms with van der Waals surface area (Å²) >= 11 is 6.35. The maximum absolute atomic E-state index is 12.5. The summed E-state index contributed by atoms with van der Waals surface area (Å²) in [7, 11) is 0. The molecule has 0 radical (unpaired) electrons. The standard InChI is InChI=1S/C11H9Br2F3N2O/c12-3-6-1-9(19)18(5-6)10-8(13)2-7(4-17-10)11(14,15)16/h2,4,6H,1,3,5H2. The van der Waals surface area contributed by atoms with Crippen LogP contribution in [0.15, 0.2) is 16.7 Å². The van der Waals surface area contributed by atoms with Crippen LogP contribution in [-0.4, -0.2) is 22.8 Å². The first-order valence-electron chi connectivity index (χ1n) is 5.42. The summed E-state index contributed by atoms with van der Waals surface area (Å²) in [4.78, 5) is 17.0. The third-order valence-electron chi connectivity index (χ3n) is 2.83. The van der Waals surface area contributed by atoms with Crippen molar-refractivity contribution in [3.8, 4) is 0 Å². The molecule has 0 saturated carbocycles. The second kappa shape index (κ2) is 5.40. The highest BCUT2D eigenvalue weighted by molar-refractivity contribution is 9.10. The second-order valence-electron chi connectivity index (χ2n) is 4.26. The number of hydrogen-bond donors (Lipinski definition) is 0. The van der Waals surface area contributed by atoms with Crippen LogP contribution in [0.5, 0.6) is 0 Å². The van der Waals surface area contributed by atoms with Gasteiger partial charge in [-0.15, -0.1) is 0 Å². The molecular formula is C11H9Br2F3N2O. The fourth-order valence-corrected chi connectivity index (χ4v) is 2.87. The Bertz CT molecular complexity index is 507. The lowest BCUT2D eigenvalue weighted by molar-refractivity contribution is -0.137. The number of nitrogens with zero attached hydrogens (tertiary/aromatic N) is 2. The zero-order valence-corrected chi connectivity index (χ0v) is 12.7. The van der Waals surface area contributed by atoms with Crippen LogP contribution in [0.25, 0.3) is 0 Å². The Labute approximate surface area is 124 Å². The van der Waals surface area contributed by atoms with Crippen molar-refractivity contribution in [2.75, 3.05) is 16.8 Å². The van der Waals surface area contributed by atoms with Crippen LogP contribution in [0, 0.1) is 5.92 Å². The van der Waals surface area contributed by atoms with E-state index in [4.69, 9.17) is 0 Å². The molecule has 1 aliphatic rings. The van der Waals surface area contributed by atoms with E-state index in [1.807, 2.05) is 0 Å². The van der Waals surface area contributed by atoms with E-state index in [1.165, 1.54) is 4.90 Å². The van der Waals surface area contributed by atoms with Gasteiger partial charge in [0.15, 0.2) is 0 Å². The number of anilines is 1. The molecule has 0 N–H and O–H groups in total. The molecule has 1 saturated heterocycles. The van der Waals surface area contributed by atoms with Crippen molar-refractivity contribution in [1.82, 2.24) is 4.98 Å². The van der Waals surface area contributed by atoms with Crippen LogP contribution in [0.2, 0.25) is 0 Å². The van der Waals surface area contributed by atoms with Gasteiger partial charge in [-0.2, -0.15) is 13.2 Å². The molecule has 3 nitrogen and oxygen atoms in total. The van der Waals surface area contributed by atoms with E-state index in [2.05, 4.69) is 36.8 Å². The maximum atomic E-state index is 12.5. The number of carbonyl (C=O) groups is 1. The summed E-state index contributed by atoms with van der Waals surface area (Å²) in [5, 5.41) is 0.674. The summed E-state index contributed by atoms with van der Waals surface area (Å²) in [6.07, 6.45) is -3.32. The van der Waals surface area contributed by atoms with E-state index >= 15 is 0 Å². The average Bonchev–Trinajstić information content (AvgIpc) is 2.69. The average molecular weight is 402 g/mol. The van der Waals surface area contributed by atoms with Gasteiger partial charge in [0.05, 0.1) is 10.0 Å². The molecular weight excluding hydrogens is 393 g/mol. The lowest BCUT2D eigenvalue weighted by atomic mass is 10.2. The topological polar surface area (TPSA) is 33.2 Å². The number of halogens is 5. The minimum absolute atomic E-state index is 0.127. The molecule has 1 atom stereocenters. The van der Waals surface area contributed by atoms with Gasteiger partial charge in [0, 0.05) is 24.5 Å². The molecule has 2 heterocycles. The molecule has 0 spiro atoms. The van der Waals surface area contributed by atoms with Gasteiger partial charge in [-0.05, 0) is 27.9 Å². The van der Waals surface area contributed by atoms with Gasteiger partial charge in [0.25, 0.3) is 0 Å². The monoisotopic (exact) mass is 400 g/mol. The van der Waals surface area contributed by atoms with Crippen molar-refractivity contribution in [2.24, 2.45) is 5.92 Å². The Kier molecular flexibility index (Phi) is 4.20. The van der Waals surface area contributed by atoms with Crippen molar-refractivity contribution in [3.63, 3.8) is 0 Å². The Morgan fingerprint density at radius 1 is 1.47 bits per heavy atom. The van der Waals surface area contributed by atoms with Crippen LogP contribution < -0.4 is 4.90 Å². The minimum Gasteiger partial charge on any atom is -0.296 e. The second-order valence-corrected chi connectivity index (χ2v) is 5.76.